The van der Waals surface area contributed by atoms with Gasteiger partial charge in [0.25, 0.3) is 0 Å². The van der Waals surface area contributed by atoms with Gasteiger partial charge in [0.05, 0.1) is 21.3 Å². The molecule has 33 heavy (non-hydrogen) atoms. The molecular formula is C21H29AuN3O4S4-2. The standard InChI is InChI=1S/C21H31N3O4S4.Au/c1-22(2)17-5-9-19(10-6-17)31(25,26)15-13-24(21(29)30)14-16-32(27,28)20-11-7-18(8-12-20)23(3)4;/h5-12,21,29-30H,13-16H2,1-4H3;/p-2. The molecule has 2 aromatic rings. The van der Waals surface area contributed by atoms with E-state index in [0.717, 1.165) is 11.4 Å². The van der Waals surface area contributed by atoms with Crippen LogP contribution in [0.4, 0.5) is 11.4 Å². The molecule has 0 amide bonds. The van der Waals surface area contributed by atoms with E-state index in [9.17, 15) is 16.8 Å². The van der Waals surface area contributed by atoms with Gasteiger partial charge in [-0.25, -0.2) is 21.5 Å². The van der Waals surface area contributed by atoms with E-state index in [0.29, 0.717) is 0 Å². The van der Waals surface area contributed by atoms with Crippen LogP contribution in [-0.4, -0.2) is 79.2 Å². The summed E-state index contributed by atoms with van der Waals surface area (Å²) in [6, 6.07) is 13.2. The van der Waals surface area contributed by atoms with Crippen LogP contribution >= 0.6 is 0 Å². The van der Waals surface area contributed by atoms with Gasteiger partial charge in [0.15, 0.2) is 19.7 Å². The smallest absolute Gasteiger partial charge is 0.179 e. The summed E-state index contributed by atoms with van der Waals surface area (Å²) in [5.74, 6) is -0.397. The number of rotatable bonds is 11. The van der Waals surface area contributed by atoms with Gasteiger partial charge in [0.1, 0.15) is 0 Å². The Bertz CT molecular complexity index is 1000. The molecule has 0 atom stereocenters. The van der Waals surface area contributed by atoms with Crippen LogP contribution in [0.25, 0.3) is 0 Å². The third-order valence-electron chi connectivity index (χ3n) is 5.02. The van der Waals surface area contributed by atoms with Crippen molar-refractivity contribution in [1.29, 1.82) is 0 Å². The summed E-state index contributed by atoms with van der Waals surface area (Å²) in [5.41, 5.74) is 1.79. The topological polar surface area (TPSA) is 78.0 Å². The van der Waals surface area contributed by atoms with Crippen molar-refractivity contribution in [2.45, 2.75) is 14.5 Å². The van der Waals surface area contributed by atoms with Gasteiger partial charge in [-0.3, -0.25) is 0 Å². The number of anilines is 2. The number of nitrogens with zero attached hydrogens (tertiary/aromatic N) is 3. The van der Waals surface area contributed by atoms with Gasteiger partial charge >= 0.3 is 0 Å². The van der Waals surface area contributed by atoms with E-state index < -0.39 is 24.4 Å². The Morgan fingerprint density at radius 2 is 0.970 bits per heavy atom. The zero-order valence-electron chi connectivity index (χ0n) is 18.9. The third-order valence-corrected chi connectivity index (χ3v) is 9.03. The second-order valence-corrected chi connectivity index (χ2v) is 13.2. The molecule has 0 N–H and O–H groups in total. The Kier molecular flexibility index (Phi) is 11.8. The van der Waals surface area contributed by atoms with Crippen molar-refractivity contribution in [3.05, 3.63) is 48.5 Å². The van der Waals surface area contributed by atoms with Crippen LogP contribution in [0.1, 0.15) is 0 Å². The van der Waals surface area contributed by atoms with E-state index in [2.05, 4.69) is 0 Å². The summed E-state index contributed by atoms with van der Waals surface area (Å²) in [5, 5.41) is 0. The van der Waals surface area contributed by atoms with E-state index in [4.69, 9.17) is 25.3 Å². The molecule has 0 saturated carbocycles. The first-order valence-electron chi connectivity index (χ1n) is 9.89. The summed E-state index contributed by atoms with van der Waals surface area (Å²) in [6.45, 7) is 0.120. The molecule has 0 aliphatic heterocycles. The van der Waals surface area contributed by atoms with Gasteiger partial charge in [-0.15, -0.1) is 0 Å². The Balaban J connectivity index is 0.00000544. The summed E-state index contributed by atoms with van der Waals surface area (Å²) < 4.78 is 50.1. The monoisotopic (exact) mass is 712 g/mol. The molecule has 2 rings (SSSR count). The van der Waals surface area contributed by atoms with Crippen molar-refractivity contribution in [1.82, 2.24) is 4.90 Å². The summed E-state index contributed by atoms with van der Waals surface area (Å²) in [4.78, 5) is 5.71. The summed E-state index contributed by atoms with van der Waals surface area (Å²) in [6.07, 6.45) is 0. The quantitative estimate of drug-likeness (QED) is 0.256. The maximum atomic E-state index is 12.7. The van der Waals surface area contributed by atoms with Crippen LogP contribution in [0.3, 0.4) is 0 Å². The normalized spacial score (nSPS) is 12.0. The van der Waals surface area contributed by atoms with E-state index in [1.165, 1.54) is 4.90 Å². The van der Waals surface area contributed by atoms with Gasteiger partial charge in [0.2, 0.25) is 0 Å². The zero-order valence-corrected chi connectivity index (χ0v) is 24.4. The summed E-state index contributed by atoms with van der Waals surface area (Å²) >= 11 is 10.3. The first-order valence-corrected chi connectivity index (χ1v) is 14.1. The Morgan fingerprint density at radius 1 is 0.667 bits per heavy atom. The van der Waals surface area contributed by atoms with Gasteiger partial charge in [-0.2, -0.15) is 0 Å². The van der Waals surface area contributed by atoms with Crippen molar-refractivity contribution in [3.63, 3.8) is 0 Å². The molecule has 0 bridgehead atoms. The minimum Gasteiger partial charge on any atom is -0.800 e. The molecule has 7 nitrogen and oxygen atoms in total. The third kappa shape index (κ3) is 8.81. The predicted octanol–water partition coefficient (Wildman–Crippen LogP) is 1.74. The second-order valence-electron chi connectivity index (χ2n) is 7.76. The van der Waals surface area contributed by atoms with Crippen LogP contribution in [0.15, 0.2) is 58.3 Å². The van der Waals surface area contributed by atoms with Crippen LogP contribution in [0, 0.1) is 0 Å². The molecular weight excluding hydrogens is 683 g/mol. The molecule has 12 heteroatoms. The second kappa shape index (κ2) is 12.9. The van der Waals surface area contributed by atoms with Crippen LogP contribution in [0.2, 0.25) is 0 Å². The molecule has 0 saturated heterocycles. The van der Waals surface area contributed by atoms with Crippen molar-refractivity contribution in [2.24, 2.45) is 0 Å². The van der Waals surface area contributed by atoms with Crippen molar-refractivity contribution in [2.75, 3.05) is 62.6 Å². The molecule has 0 aliphatic carbocycles. The first-order chi connectivity index (χ1) is 14.8. The van der Waals surface area contributed by atoms with E-state index in [-0.39, 0.29) is 56.8 Å². The molecule has 1 radical (unpaired) electrons. The zero-order chi connectivity index (χ0) is 24.1. The Morgan fingerprint density at radius 3 is 1.21 bits per heavy atom. The van der Waals surface area contributed by atoms with Gasteiger partial charge in [0, 0.05) is 75.0 Å². The first kappa shape index (κ1) is 30.4. The number of hydrogen-bond donors (Lipinski definition) is 0. The average Bonchev–Trinajstić information content (AvgIpc) is 2.73. The number of hydrogen-bond acceptors (Lipinski definition) is 9. The fraction of sp³-hybridized carbons (Fsp3) is 0.429. The fourth-order valence-corrected chi connectivity index (χ4v) is 5.88. The van der Waals surface area contributed by atoms with Gasteiger partial charge in [-0.05, 0) is 48.5 Å². The largest absolute Gasteiger partial charge is 0.800 e. The molecule has 0 unspecified atom stereocenters. The average molecular weight is 713 g/mol. The molecule has 2 aromatic carbocycles. The number of benzene rings is 2. The van der Waals surface area contributed by atoms with Crippen LogP contribution < -0.4 is 9.80 Å². The minimum absolute atomic E-state index is 0. The van der Waals surface area contributed by atoms with Crippen LogP contribution in [0.5, 0.6) is 0 Å². The van der Waals surface area contributed by atoms with E-state index in [1.807, 2.05) is 38.0 Å². The SMILES string of the molecule is CN(C)c1ccc(S(=O)(=O)CCN(CCS(=O)(=O)c2ccc(N(C)C)cc2)C([S-])[S-])cc1.[Au]. The predicted molar refractivity (Wildman–Crippen MR) is 136 cm³/mol. The molecule has 189 valence electrons. The Hall–Kier alpha value is -0.660. The fourth-order valence-electron chi connectivity index (χ4n) is 2.94. The minimum atomic E-state index is -3.56. The van der Waals surface area contributed by atoms with Gasteiger partial charge < -0.3 is 40.0 Å². The van der Waals surface area contributed by atoms with Crippen molar-refractivity contribution in [3.8, 4) is 0 Å². The molecule has 0 spiro atoms. The van der Waals surface area contributed by atoms with Gasteiger partial charge in [-0.1, -0.05) is 0 Å². The maximum absolute atomic E-state index is 12.7. The molecule has 0 heterocycles. The van der Waals surface area contributed by atoms with Crippen LogP contribution in [-0.2, 0) is 67.3 Å². The molecule has 0 aromatic heterocycles. The van der Waals surface area contributed by atoms with Crippen molar-refractivity contribution >= 4 is 56.3 Å². The van der Waals surface area contributed by atoms with Crippen molar-refractivity contribution < 1.29 is 39.2 Å². The molecule has 0 fully saturated rings. The Labute approximate surface area is 224 Å². The maximum Gasteiger partial charge on any atom is 0.179 e. The van der Waals surface area contributed by atoms with E-state index in [1.54, 1.807) is 48.5 Å². The molecule has 0 aliphatic rings. The van der Waals surface area contributed by atoms with E-state index >= 15 is 0 Å². The summed E-state index contributed by atoms with van der Waals surface area (Å²) in [7, 11) is 0.383. The number of sulfone groups is 2.